The van der Waals surface area contributed by atoms with Crippen molar-refractivity contribution in [3.05, 3.63) is 28.8 Å². The fraction of sp³-hybridized carbons (Fsp3) is 0.333. The SMILES string of the molecule is Cc1ccc(O)c(CN)c1C. The predicted molar refractivity (Wildman–Crippen MR) is 45.5 cm³/mol. The molecule has 0 fully saturated rings. The van der Waals surface area contributed by atoms with Crippen molar-refractivity contribution < 1.29 is 5.11 Å². The van der Waals surface area contributed by atoms with Crippen LogP contribution in [-0.4, -0.2) is 5.11 Å². The van der Waals surface area contributed by atoms with E-state index in [-0.39, 0.29) is 0 Å². The second kappa shape index (κ2) is 2.93. The molecular formula is C9H13NO. The third-order valence-electron chi connectivity index (χ3n) is 2.05. The van der Waals surface area contributed by atoms with E-state index >= 15 is 0 Å². The Hall–Kier alpha value is -1.02. The lowest BCUT2D eigenvalue weighted by molar-refractivity contribution is 0.467. The molecule has 0 unspecified atom stereocenters. The lowest BCUT2D eigenvalue weighted by atomic mass is 10.0. The van der Waals surface area contributed by atoms with Crippen LogP contribution in [0.2, 0.25) is 0 Å². The van der Waals surface area contributed by atoms with Gasteiger partial charge in [0.15, 0.2) is 0 Å². The number of aromatic hydroxyl groups is 1. The summed E-state index contributed by atoms with van der Waals surface area (Å²) in [5, 5.41) is 9.34. The number of benzene rings is 1. The standard InChI is InChI=1S/C9H13NO/c1-6-3-4-9(11)8(5-10)7(6)2/h3-4,11H,5,10H2,1-2H3. The highest BCUT2D eigenvalue weighted by Gasteiger charge is 2.03. The summed E-state index contributed by atoms with van der Waals surface area (Å²) in [6.45, 7) is 4.38. The molecule has 0 amide bonds. The Balaban J connectivity index is 3.29. The monoisotopic (exact) mass is 151 g/mol. The van der Waals surface area contributed by atoms with Gasteiger partial charge in [0.2, 0.25) is 0 Å². The van der Waals surface area contributed by atoms with Gasteiger partial charge in [0.1, 0.15) is 5.75 Å². The van der Waals surface area contributed by atoms with Gasteiger partial charge in [-0.15, -0.1) is 0 Å². The third-order valence-corrected chi connectivity index (χ3v) is 2.05. The van der Waals surface area contributed by atoms with E-state index in [0.717, 1.165) is 11.1 Å². The van der Waals surface area contributed by atoms with Crippen LogP contribution in [0.25, 0.3) is 0 Å². The first kappa shape index (κ1) is 8.08. The van der Waals surface area contributed by atoms with Gasteiger partial charge in [0.25, 0.3) is 0 Å². The van der Waals surface area contributed by atoms with Gasteiger partial charge < -0.3 is 10.8 Å². The topological polar surface area (TPSA) is 46.2 Å². The molecule has 0 spiro atoms. The Kier molecular flexibility index (Phi) is 2.15. The molecule has 0 saturated carbocycles. The highest BCUT2D eigenvalue weighted by atomic mass is 16.3. The number of rotatable bonds is 1. The molecule has 1 aromatic rings. The molecule has 3 N–H and O–H groups in total. The predicted octanol–water partition coefficient (Wildman–Crippen LogP) is 1.47. The molecule has 0 aliphatic rings. The van der Waals surface area contributed by atoms with Crippen molar-refractivity contribution in [2.24, 2.45) is 5.73 Å². The highest BCUT2D eigenvalue weighted by molar-refractivity contribution is 5.42. The van der Waals surface area contributed by atoms with Crippen LogP contribution in [0.15, 0.2) is 12.1 Å². The van der Waals surface area contributed by atoms with Gasteiger partial charge >= 0.3 is 0 Å². The molecule has 1 aromatic carbocycles. The first-order chi connectivity index (χ1) is 5.16. The molecule has 0 heterocycles. The molecule has 1 rings (SSSR count). The summed E-state index contributed by atoms with van der Waals surface area (Å²) in [6, 6.07) is 3.58. The number of aryl methyl sites for hydroxylation is 1. The van der Waals surface area contributed by atoms with E-state index < -0.39 is 0 Å². The van der Waals surface area contributed by atoms with Crippen LogP contribution in [0.3, 0.4) is 0 Å². The van der Waals surface area contributed by atoms with E-state index in [0.29, 0.717) is 12.3 Å². The Morgan fingerprint density at radius 3 is 2.45 bits per heavy atom. The lowest BCUT2D eigenvalue weighted by Crippen LogP contribution is -2.00. The first-order valence-corrected chi connectivity index (χ1v) is 3.65. The lowest BCUT2D eigenvalue weighted by Gasteiger charge is -2.07. The smallest absolute Gasteiger partial charge is 0.120 e. The molecule has 0 radical (unpaired) electrons. The van der Waals surface area contributed by atoms with Crippen LogP contribution in [0.5, 0.6) is 5.75 Å². The Morgan fingerprint density at radius 1 is 1.36 bits per heavy atom. The maximum atomic E-state index is 9.34. The Bertz CT molecular complexity index is 269. The van der Waals surface area contributed by atoms with Crippen molar-refractivity contribution in [2.45, 2.75) is 20.4 Å². The second-order valence-electron chi connectivity index (χ2n) is 2.71. The number of phenolic OH excluding ortho intramolecular Hbond substituents is 1. The fourth-order valence-corrected chi connectivity index (χ4v) is 1.12. The van der Waals surface area contributed by atoms with Crippen LogP contribution in [-0.2, 0) is 6.54 Å². The van der Waals surface area contributed by atoms with Crippen LogP contribution >= 0.6 is 0 Å². The van der Waals surface area contributed by atoms with Crippen molar-refractivity contribution in [1.82, 2.24) is 0 Å². The molecule has 0 aliphatic carbocycles. The number of nitrogens with two attached hydrogens (primary N) is 1. The minimum atomic E-state index is 0.301. The number of phenols is 1. The molecule has 0 aromatic heterocycles. The van der Waals surface area contributed by atoms with E-state index in [4.69, 9.17) is 5.73 Å². The Morgan fingerprint density at radius 2 is 2.00 bits per heavy atom. The molecule has 2 heteroatoms. The second-order valence-corrected chi connectivity index (χ2v) is 2.71. The van der Waals surface area contributed by atoms with Crippen LogP contribution in [0.4, 0.5) is 0 Å². The molecule has 0 saturated heterocycles. The van der Waals surface area contributed by atoms with Crippen molar-refractivity contribution in [1.29, 1.82) is 0 Å². The van der Waals surface area contributed by atoms with Crippen molar-refractivity contribution in [3.63, 3.8) is 0 Å². The zero-order chi connectivity index (χ0) is 8.43. The zero-order valence-corrected chi connectivity index (χ0v) is 6.89. The van der Waals surface area contributed by atoms with Gasteiger partial charge in [-0.05, 0) is 31.0 Å². The average Bonchev–Trinajstić information content (AvgIpc) is 1.99. The van der Waals surface area contributed by atoms with Gasteiger partial charge in [-0.2, -0.15) is 0 Å². The average molecular weight is 151 g/mol. The normalized spacial score (nSPS) is 10.1. The molecule has 0 bridgehead atoms. The molecule has 11 heavy (non-hydrogen) atoms. The van der Waals surface area contributed by atoms with Crippen molar-refractivity contribution in [2.75, 3.05) is 0 Å². The van der Waals surface area contributed by atoms with Crippen molar-refractivity contribution in [3.8, 4) is 5.75 Å². The zero-order valence-electron chi connectivity index (χ0n) is 6.89. The number of hydrogen-bond donors (Lipinski definition) is 2. The van der Waals surface area contributed by atoms with E-state index in [9.17, 15) is 5.11 Å². The summed E-state index contributed by atoms with van der Waals surface area (Å²) in [7, 11) is 0. The third kappa shape index (κ3) is 1.35. The van der Waals surface area contributed by atoms with Crippen LogP contribution in [0, 0.1) is 13.8 Å². The minimum absolute atomic E-state index is 0.301. The van der Waals surface area contributed by atoms with Gasteiger partial charge in [-0.25, -0.2) is 0 Å². The van der Waals surface area contributed by atoms with E-state index in [1.54, 1.807) is 6.07 Å². The summed E-state index contributed by atoms with van der Waals surface area (Å²) in [5.74, 6) is 0.301. The van der Waals surface area contributed by atoms with Crippen molar-refractivity contribution >= 4 is 0 Å². The van der Waals surface area contributed by atoms with Gasteiger partial charge in [-0.1, -0.05) is 6.07 Å². The first-order valence-electron chi connectivity index (χ1n) is 3.65. The summed E-state index contributed by atoms with van der Waals surface area (Å²) < 4.78 is 0. The highest BCUT2D eigenvalue weighted by Crippen LogP contribution is 2.22. The molecule has 60 valence electrons. The van der Waals surface area contributed by atoms with E-state index in [1.807, 2.05) is 19.9 Å². The summed E-state index contributed by atoms with van der Waals surface area (Å²) in [5.41, 5.74) is 8.57. The summed E-state index contributed by atoms with van der Waals surface area (Å²) in [6.07, 6.45) is 0. The molecule has 0 atom stereocenters. The largest absolute Gasteiger partial charge is 0.508 e. The van der Waals surface area contributed by atoms with Gasteiger partial charge in [0.05, 0.1) is 0 Å². The number of hydrogen-bond acceptors (Lipinski definition) is 2. The fourth-order valence-electron chi connectivity index (χ4n) is 1.12. The minimum Gasteiger partial charge on any atom is -0.508 e. The van der Waals surface area contributed by atoms with Crippen LogP contribution in [0.1, 0.15) is 16.7 Å². The Labute approximate surface area is 66.7 Å². The van der Waals surface area contributed by atoms with Gasteiger partial charge in [0, 0.05) is 12.1 Å². The summed E-state index contributed by atoms with van der Waals surface area (Å²) in [4.78, 5) is 0. The quantitative estimate of drug-likeness (QED) is 0.638. The van der Waals surface area contributed by atoms with E-state index in [2.05, 4.69) is 0 Å². The van der Waals surface area contributed by atoms with E-state index in [1.165, 1.54) is 5.56 Å². The van der Waals surface area contributed by atoms with Crippen LogP contribution < -0.4 is 5.73 Å². The molecule has 0 aliphatic heterocycles. The maximum Gasteiger partial charge on any atom is 0.120 e. The summed E-state index contributed by atoms with van der Waals surface area (Å²) >= 11 is 0. The molecule has 2 nitrogen and oxygen atoms in total. The maximum absolute atomic E-state index is 9.34. The molecular weight excluding hydrogens is 138 g/mol. The van der Waals surface area contributed by atoms with Gasteiger partial charge in [-0.3, -0.25) is 0 Å².